The van der Waals surface area contributed by atoms with E-state index in [1.54, 1.807) is 11.8 Å². The summed E-state index contributed by atoms with van der Waals surface area (Å²) >= 11 is 1.59. The number of rotatable bonds is 10. The van der Waals surface area contributed by atoms with Gasteiger partial charge in [-0.05, 0) is 37.1 Å². The molecule has 1 rings (SSSR count). The zero-order valence-electron chi connectivity index (χ0n) is 12.6. The van der Waals surface area contributed by atoms with Crippen LogP contribution in [0.4, 0.5) is 0 Å². The summed E-state index contributed by atoms with van der Waals surface area (Å²) in [6.07, 6.45) is 3.32. The summed E-state index contributed by atoms with van der Waals surface area (Å²) in [7, 11) is 0. The molecule has 0 atom stereocenters. The molecule has 4 heteroatoms. The smallest absolute Gasteiger partial charge is 0.230 e. The van der Waals surface area contributed by atoms with Gasteiger partial charge in [-0.1, -0.05) is 32.4 Å². The number of carbonyl (C=O) groups is 1. The number of unbranched alkanes of at least 4 members (excludes halogenated alkanes) is 1. The Morgan fingerprint density at radius 2 is 1.85 bits per heavy atom. The van der Waals surface area contributed by atoms with Crippen LogP contribution in [0.3, 0.4) is 0 Å². The van der Waals surface area contributed by atoms with Gasteiger partial charge in [0.15, 0.2) is 0 Å². The zero-order chi connectivity index (χ0) is 14.6. The highest BCUT2D eigenvalue weighted by Gasteiger charge is 2.02. The molecule has 1 aromatic rings. The predicted octanol–water partition coefficient (Wildman–Crippen LogP) is 3.19. The molecule has 0 fully saturated rings. The molecular formula is C16H26N2OS. The highest BCUT2D eigenvalue weighted by molar-refractivity contribution is 8.00. The Balaban J connectivity index is 2.25. The molecule has 112 valence electrons. The van der Waals surface area contributed by atoms with E-state index in [0.29, 0.717) is 5.75 Å². The van der Waals surface area contributed by atoms with Crippen molar-refractivity contribution in [3.05, 3.63) is 29.8 Å². The third-order valence-corrected chi connectivity index (χ3v) is 3.91. The quantitative estimate of drug-likeness (QED) is 0.514. The van der Waals surface area contributed by atoms with Crippen LogP contribution in [0, 0.1) is 0 Å². The Kier molecular flexibility index (Phi) is 9.16. The molecule has 0 aliphatic rings. The second kappa shape index (κ2) is 10.7. The SMILES string of the molecule is CCCCNC(=O)CSc1ccc(CNCCC)cc1. The van der Waals surface area contributed by atoms with Gasteiger partial charge in [0.05, 0.1) is 5.75 Å². The Morgan fingerprint density at radius 1 is 1.10 bits per heavy atom. The maximum Gasteiger partial charge on any atom is 0.230 e. The van der Waals surface area contributed by atoms with Crippen molar-refractivity contribution in [1.29, 1.82) is 0 Å². The lowest BCUT2D eigenvalue weighted by Crippen LogP contribution is -2.25. The number of carbonyl (C=O) groups excluding carboxylic acids is 1. The maximum absolute atomic E-state index is 11.6. The minimum Gasteiger partial charge on any atom is -0.355 e. The van der Waals surface area contributed by atoms with Gasteiger partial charge >= 0.3 is 0 Å². The molecule has 0 radical (unpaired) electrons. The van der Waals surface area contributed by atoms with Crippen molar-refractivity contribution in [3.63, 3.8) is 0 Å². The van der Waals surface area contributed by atoms with Gasteiger partial charge in [-0.2, -0.15) is 0 Å². The molecule has 0 spiro atoms. The minimum atomic E-state index is 0.122. The molecule has 1 aromatic carbocycles. The normalized spacial score (nSPS) is 10.5. The monoisotopic (exact) mass is 294 g/mol. The van der Waals surface area contributed by atoms with Crippen molar-refractivity contribution >= 4 is 17.7 Å². The highest BCUT2D eigenvalue weighted by Crippen LogP contribution is 2.18. The molecule has 0 saturated heterocycles. The lowest BCUT2D eigenvalue weighted by molar-refractivity contribution is -0.118. The molecule has 0 bridgehead atoms. The zero-order valence-corrected chi connectivity index (χ0v) is 13.4. The Hall–Kier alpha value is -1.00. The third kappa shape index (κ3) is 7.56. The first-order valence-corrected chi connectivity index (χ1v) is 8.44. The van der Waals surface area contributed by atoms with Crippen LogP contribution in [0.5, 0.6) is 0 Å². The molecule has 2 N–H and O–H groups in total. The van der Waals surface area contributed by atoms with Gasteiger partial charge in [-0.25, -0.2) is 0 Å². The van der Waals surface area contributed by atoms with Crippen LogP contribution in [-0.4, -0.2) is 24.7 Å². The Bertz CT molecular complexity index is 379. The summed E-state index contributed by atoms with van der Waals surface area (Å²) in [5.74, 6) is 0.620. The first-order valence-electron chi connectivity index (χ1n) is 7.45. The number of hydrogen-bond donors (Lipinski definition) is 2. The van der Waals surface area contributed by atoms with E-state index in [0.717, 1.165) is 43.8 Å². The van der Waals surface area contributed by atoms with Crippen molar-refractivity contribution in [2.24, 2.45) is 0 Å². The number of amides is 1. The molecule has 0 aromatic heterocycles. The van der Waals surface area contributed by atoms with E-state index in [2.05, 4.69) is 48.7 Å². The number of thioether (sulfide) groups is 1. The molecule has 20 heavy (non-hydrogen) atoms. The molecule has 0 unspecified atom stereocenters. The standard InChI is InChI=1S/C16H26N2OS/c1-3-5-11-18-16(19)13-20-15-8-6-14(7-9-15)12-17-10-4-2/h6-9,17H,3-5,10-13H2,1-2H3,(H,18,19). The Labute approximate surface area is 126 Å². The predicted molar refractivity (Wildman–Crippen MR) is 87.1 cm³/mol. The van der Waals surface area contributed by atoms with Crippen molar-refractivity contribution in [2.45, 2.75) is 44.6 Å². The molecule has 1 amide bonds. The van der Waals surface area contributed by atoms with E-state index in [1.807, 2.05) is 0 Å². The van der Waals surface area contributed by atoms with Gasteiger partial charge in [-0.15, -0.1) is 11.8 Å². The average Bonchev–Trinajstić information content (AvgIpc) is 2.47. The van der Waals surface area contributed by atoms with Crippen LogP contribution >= 0.6 is 11.8 Å². The lowest BCUT2D eigenvalue weighted by atomic mass is 10.2. The molecule has 0 aliphatic carbocycles. The van der Waals surface area contributed by atoms with Crippen molar-refractivity contribution in [1.82, 2.24) is 10.6 Å². The Morgan fingerprint density at radius 3 is 2.50 bits per heavy atom. The van der Waals surface area contributed by atoms with Gasteiger partial charge in [0.25, 0.3) is 0 Å². The topological polar surface area (TPSA) is 41.1 Å². The van der Waals surface area contributed by atoms with E-state index < -0.39 is 0 Å². The summed E-state index contributed by atoms with van der Waals surface area (Å²) < 4.78 is 0. The van der Waals surface area contributed by atoms with Gasteiger partial charge in [0.1, 0.15) is 0 Å². The van der Waals surface area contributed by atoms with Gasteiger partial charge in [0.2, 0.25) is 5.91 Å². The highest BCUT2D eigenvalue weighted by atomic mass is 32.2. The number of nitrogens with one attached hydrogen (secondary N) is 2. The number of benzene rings is 1. The van der Waals surface area contributed by atoms with Gasteiger partial charge in [-0.3, -0.25) is 4.79 Å². The molecular weight excluding hydrogens is 268 g/mol. The second-order valence-corrected chi connectivity index (χ2v) is 5.86. The molecule has 0 saturated carbocycles. The third-order valence-electron chi connectivity index (χ3n) is 2.90. The largest absolute Gasteiger partial charge is 0.355 e. The summed E-state index contributed by atoms with van der Waals surface area (Å²) in [6.45, 7) is 7.04. The first kappa shape index (κ1) is 17.1. The summed E-state index contributed by atoms with van der Waals surface area (Å²) in [6, 6.07) is 8.43. The van der Waals surface area contributed by atoms with Crippen LogP contribution < -0.4 is 10.6 Å². The van der Waals surface area contributed by atoms with Crippen LogP contribution in [0.25, 0.3) is 0 Å². The van der Waals surface area contributed by atoms with Crippen LogP contribution in [0.2, 0.25) is 0 Å². The molecule has 0 aliphatic heterocycles. The molecule has 3 nitrogen and oxygen atoms in total. The second-order valence-electron chi connectivity index (χ2n) is 4.81. The van der Waals surface area contributed by atoms with Gasteiger partial charge in [0, 0.05) is 18.0 Å². The van der Waals surface area contributed by atoms with Crippen LogP contribution in [0.1, 0.15) is 38.7 Å². The average molecular weight is 294 g/mol. The fourth-order valence-corrected chi connectivity index (χ4v) is 2.45. The van der Waals surface area contributed by atoms with E-state index in [-0.39, 0.29) is 5.91 Å². The fourth-order valence-electron chi connectivity index (χ4n) is 1.72. The maximum atomic E-state index is 11.6. The minimum absolute atomic E-state index is 0.122. The number of hydrogen-bond acceptors (Lipinski definition) is 3. The van der Waals surface area contributed by atoms with Crippen LogP contribution in [-0.2, 0) is 11.3 Å². The lowest BCUT2D eigenvalue weighted by Gasteiger charge is -2.06. The molecule has 0 heterocycles. The summed E-state index contributed by atoms with van der Waals surface area (Å²) in [5.41, 5.74) is 1.29. The van der Waals surface area contributed by atoms with E-state index in [1.165, 1.54) is 5.56 Å². The van der Waals surface area contributed by atoms with Crippen molar-refractivity contribution < 1.29 is 4.79 Å². The first-order chi connectivity index (χ1) is 9.76. The fraction of sp³-hybridized carbons (Fsp3) is 0.562. The van der Waals surface area contributed by atoms with Gasteiger partial charge < -0.3 is 10.6 Å². The van der Waals surface area contributed by atoms with E-state index in [9.17, 15) is 4.79 Å². The van der Waals surface area contributed by atoms with E-state index in [4.69, 9.17) is 0 Å². The van der Waals surface area contributed by atoms with Crippen molar-refractivity contribution in [2.75, 3.05) is 18.8 Å². The summed E-state index contributed by atoms with van der Waals surface area (Å²) in [4.78, 5) is 12.7. The van der Waals surface area contributed by atoms with Crippen LogP contribution in [0.15, 0.2) is 29.2 Å². The van der Waals surface area contributed by atoms with E-state index >= 15 is 0 Å². The van der Waals surface area contributed by atoms with Crippen molar-refractivity contribution in [3.8, 4) is 0 Å². The summed E-state index contributed by atoms with van der Waals surface area (Å²) in [5, 5.41) is 6.31.